The Hall–Kier alpha value is -0.610. The molecule has 0 radical (unpaired) electrons. The summed E-state index contributed by atoms with van der Waals surface area (Å²) in [7, 11) is 0. The molecule has 0 unspecified atom stereocenters. The minimum Gasteiger partial charge on any atom is -0.347 e. The van der Waals surface area contributed by atoms with E-state index in [2.05, 4.69) is 22.2 Å². The standard InChI is InChI=1S/C9H15N3S/c1-2-8-6-13-9(11-8)12-4-7(3-10)5-12/h6-7H,2-5,10H2,1H3. The van der Waals surface area contributed by atoms with Gasteiger partial charge in [0.1, 0.15) is 0 Å². The van der Waals surface area contributed by atoms with Crippen LogP contribution in [-0.4, -0.2) is 24.6 Å². The first-order chi connectivity index (χ1) is 6.33. The molecule has 1 aromatic rings. The fourth-order valence-corrected chi connectivity index (χ4v) is 2.41. The zero-order valence-electron chi connectivity index (χ0n) is 7.86. The molecule has 1 aliphatic heterocycles. The van der Waals surface area contributed by atoms with E-state index in [0.717, 1.165) is 26.1 Å². The molecular weight excluding hydrogens is 182 g/mol. The third-order valence-corrected chi connectivity index (χ3v) is 3.41. The summed E-state index contributed by atoms with van der Waals surface area (Å²) in [5.41, 5.74) is 6.77. The highest BCUT2D eigenvalue weighted by Crippen LogP contribution is 2.27. The van der Waals surface area contributed by atoms with Gasteiger partial charge in [-0.15, -0.1) is 11.3 Å². The van der Waals surface area contributed by atoms with Gasteiger partial charge in [0.25, 0.3) is 0 Å². The molecule has 3 nitrogen and oxygen atoms in total. The number of hydrogen-bond donors (Lipinski definition) is 1. The lowest BCUT2D eigenvalue weighted by Crippen LogP contribution is -2.49. The molecule has 0 bridgehead atoms. The SMILES string of the molecule is CCc1csc(N2CC(CN)C2)n1. The Kier molecular flexibility index (Phi) is 2.51. The van der Waals surface area contributed by atoms with Gasteiger partial charge in [-0.1, -0.05) is 6.92 Å². The summed E-state index contributed by atoms with van der Waals surface area (Å²) < 4.78 is 0. The Morgan fingerprint density at radius 3 is 3.00 bits per heavy atom. The molecule has 0 spiro atoms. The summed E-state index contributed by atoms with van der Waals surface area (Å²) in [5.74, 6) is 0.689. The van der Waals surface area contributed by atoms with Crippen molar-refractivity contribution in [1.82, 2.24) is 4.98 Å². The maximum Gasteiger partial charge on any atom is 0.185 e. The van der Waals surface area contributed by atoms with Crippen LogP contribution in [0.3, 0.4) is 0 Å². The largest absolute Gasteiger partial charge is 0.347 e. The van der Waals surface area contributed by atoms with Gasteiger partial charge < -0.3 is 10.6 Å². The summed E-state index contributed by atoms with van der Waals surface area (Å²) in [6, 6.07) is 0. The van der Waals surface area contributed by atoms with Crippen LogP contribution in [-0.2, 0) is 6.42 Å². The number of aryl methyl sites for hydroxylation is 1. The van der Waals surface area contributed by atoms with Crippen LogP contribution in [0.2, 0.25) is 0 Å². The molecule has 13 heavy (non-hydrogen) atoms. The molecular formula is C9H15N3S. The maximum absolute atomic E-state index is 5.56. The zero-order chi connectivity index (χ0) is 9.26. The average molecular weight is 197 g/mol. The number of nitrogens with zero attached hydrogens (tertiary/aromatic N) is 2. The summed E-state index contributed by atoms with van der Waals surface area (Å²) in [6.07, 6.45) is 1.03. The van der Waals surface area contributed by atoms with Gasteiger partial charge >= 0.3 is 0 Å². The fraction of sp³-hybridized carbons (Fsp3) is 0.667. The van der Waals surface area contributed by atoms with Gasteiger partial charge in [0.15, 0.2) is 5.13 Å². The van der Waals surface area contributed by atoms with Crippen molar-refractivity contribution in [3.05, 3.63) is 11.1 Å². The van der Waals surface area contributed by atoms with Crippen molar-refractivity contribution in [3.63, 3.8) is 0 Å². The van der Waals surface area contributed by atoms with Crippen LogP contribution in [0, 0.1) is 5.92 Å². The summed E-state index contributed by atoms with van der Waals surface area (Å²) >= 11 is 1.74. The second kappa shape index (κ2) is 3.64. The van der Waals surface area contributed by atoms with Gasteiger partial charge in [-0.05, 0) is 13.0 Å². The number of nitrogens with two attached hydrogens (primary N) is 1. The molecule has 2 heterocycles. The molecule has 1 aliphatic rings. The molecule has 4 heteroatoms. The lowest BCUT2D eigenvalue weighted by Gasteiger charge is -2.38. The minimum absolute atomic E-state index is 0.689. The Morgan fingerprint density at radius 1 is 1.69 bits per heavy atom. The number of hydrogen-bond acceptors (Lipinski definition) is 4. The van der Waals surface area contributed by atoms with E-state index in [1.807, 2.05) is 0 Å². The van der Waals surface area contributed by atoms with Crippen LogP contribution < -0.4 is 10.6 Å². The predicted octanol–water partition coefficient (Wildman–Crippen LogP) is 1.10. The Bertz CT molecular complexity index is 278. The van der Waals surface area contributed by atoms with E-state index in [1.54, 1.807) is 11.3 Å². The number of anilines is 1. The van der Waals surface area contributed by atoms with E-state index in [-0.39, 0.29) is 0 Å². The molecule has 0 saturated carbocycles. The molecule has 2 rings (SSSR count). The number of aromatic nitrogens is 1. The average Bonchev–Trinajstić information content (AvgIpc) is 2.51. The highest BCUT2D eigenvalue weighted by atomic mass is 32.1. The second-order valence-corrected chi connectivity index (χ2v) is 4.32. The highest BCUT2D eigenvalue weighted by molar-refractivity contribution is 7.13. The van der Waals surface area contributed by atoms with Gasteiger partial charge in [-0.25, -0.2) is 4.98 Å². The molecule has 72 valence electrons. The van der Waals surface area contributed by atoms with Crippen LogP contribution in [0.5, 0.6) is 0 Å². The van der Waals surface area contributed by atoms with Crippen molar-refractivity contribution in [2.75, 3.05) is 24.5 Å². The quantitative estimate of drug-likeness (QED) is 0.789. The fourth-order valence-electron chi connectivity index (χ4n) is 1.48. The van der Waals surface area contributed by atoms with Crippen LogP contribution in [0.25, 0.3) is 0 Å². The Labute approximate surface area is 82.6 Å². The van der Waals surface area contributed by atoms with E-state index >= 15 is 0 Å². The number of rotatable bonds is 3. The second-order valence-electron chi connectivity index (χ2n) is 3.48. The molecule has 0 aromatic carbocycles. The van der Waals surface area contributed by atoms with Crippen molar-refractivity contribution in [3.8, 4) is 0 Å². The first-order valence-corrected chi connectivity index (χ1v) is 5.61. The lowest BCUT2D eigenvalue weighted by atomic mass is 10.0. The normalized spacial score (nSPS) is 17.5. The summed E-state index contributed by atoms with van der Waals surface area (Å²) in [6.45, 7) is 5.13. The van der Waals surface area contributed by atoms with Crippen molar-refractivity contribution < 1.29 is 0 Å². The van der Waals surface area contributed by atoms with E-state index in [1.165, 1.54) is 10.8 Å². The van der Waals surface area contributed by atoms with Crippen molar-refractivity contribution in [1.29, 1.82) is 0 Å². The summed E-state index contributed by atoms with van der Waals surface area (Å²) in [5, 5.41) is 3.31. The van der Waals surface area contributed by atoms with E-state index in [0.29, 0.717) is 5.92 Å². The first-order valence-electron chi connectivity index (χ1n) is 4.73. The van der Waals surface area contributed by atoms with Crippen LogP contribution in [0.4, 0.5) is 5.13 Å². The van der Waals surface area contributed by atoms with Crippen LogP contribution in [0.15, 0.2) is 5.38 Å². The van der Waals surface area contributed by atoms with E-state index in [4.69, 9.17) is 5.73 Å². The zero-order valence-corrected chi connectivity index (χ0v) is 8.68. The van der Waals surface area contributed by atoms with Crippen molar-refractivity contribution in [2.45, 2.75) is 13.3 Å². The lowest BCUT2D eigenvalue weighted by molar-refractivity contribution is 0.419. The molecule has 1 saturated heterocycles. The predicted molar refractivity (Wildman–Crippen MR) is 56.2 cm³/mol. The molecule has 0 atom stereocenters. The van der Waals surface area contributed by atoms with E-state index < -0.39 is 0 Å². The van der Waals surface area contributed by atoms with Crippen molar-refractivity contribution in [2.24, 2.45) is 11.7 Å². The van der Waals surface area contributed by atoms with Gasteiger partial charge in [0, 0.05) is 24.4 Å². The molecule has 1 aromatic heterocycles. The monoisotopic (exact) mass is 197 g/mol. The molecule has 0 aliphatic carbocycles. The maximum atomic E-state index is 5.56. The highest BCUT2D eigenvalue weighted by Gasteiger charge is 2.27. The van der Waals surface area contributed by atoms with Crippen LogP contribution >= 0.6 is 11.3 Å². The molecule has 0 amide bonds. The van der Waals surface area contributed by atoms with Gasteiger partial charge in [-0.3, -0.25) is 0 Å². The van der Waals surface area contributed by atoms with Crippen LogP contribution in [0.1, 0.15) is 12.6 Å². The Balaban J connectivity index is 1.95. The van der Waals surface area contributed by atoms with Gasteiger partial charge in [0.2, 0.25) is 0 Å². The van der Waals surface area contributed by atoms with Gasteiger partial charge in [0.05, 0.1) is 5.69 Å². The van der Waals surface area contributed by atoms with Gasteiger partial charge in [-0.2, -0.15) is 0 Å². The van der Waals surface area contributed by atoms with E-state index in [9.17, 15) is 0 Å². The molecule has 1 fully saturated rings. The number of thiazole rings is 1. The minimum atomic E-state index is 0.689. The summed E-state index contributed by atoms with van der Waals surface area (Å²) in [4.78, 5) is 6.83. The Morgan fingerprint density at radius 2 is 2.46 bits per heavy atom. The molecule has 2 N–H and O–H groups in total. The first kappa shape index (κ1) is 8.97. The smallest absolute Gasteiger partial charge is 0.185 e. The third kappa shape index (κ3) is 1.69. The topological polar surface area (TPSA) is 42.1 Å². The van der Waals surface area contributed by atoms with Crippen molar-refractivity contribution >= 4 is 16.5 Å². The third-order valence-electron chi connectivity index (χ3n) is 2.46.